The summed E-state index contributed by atoms with van der Waals surface area (Å²) < 4.78 is 1.18. The zero-order valence-corrected chi connectivity index (χ0v) is 16.1. The Hall–Kier alpha value is -3.26. The van der Waals surface area contributed by atoms with E-state index in [4.69, 9.17) is 0 Å². The first kappa shape index (κ1) is 19.5. The van der Waals surface area contributed by atoms with E-state index >= 15 is 0 Å². The van der Waals surface area contributed by atoms with Crippen LogP contribution in [0.4, 0.5) is 11.5 Å². The molecule has 0 amide bonds. The van der Waals surface area contributed by atoms with Crippen LogP contribution in [0.2, 0.25) is 0 Å². The summed E-state index contributed by atoms with van der Waals surface area (Å²) in [5.74, 6) is -0.0202. The Balaban J connectivity index is 1.94. The first-order valence-corrected chi connectivity index (χ1v) is 9.05. The first-order valence-electron chi connectivity index (χ1n) is 9.05. The molecule has 0 aliphatic rings. The molecule has 8 heteroatoms. The van der Waals surface area contributed by atoms with Gasteiger partial charge in [0.25, 0.3) is 0 Å². The van der Waals surface area contributed by atoms with Crippen molar-refractivity contribution in [1.29, 1.82) is 0 Å². The normalized spacial score (nSPS) is 11.3. The van der Waals surface area contributed by atoms with Crippen molar-refractivity contribution in [2.45, 2.75) is 33.0 Å². The number of hydrogen-bond acceptors (Lipinski definition) is 6. The Labute approximate surface area is 162 Å². The van der Waals surface area contributed by atoms with Crippen LogP contribution in [0, 0.1) is 10.1 Å². The van der Waals surface area contributed by atoms with Crippen LogP contribution in [0.5, 0.6) is 0 Å². The molecule has 3 rings (SSSR count). The lowest BCUT2D eigenvalue weighted by atomic mass is 10.1. The summed E-state index contributed by atoms with van der Waals surface area (Å²) in [6.45, 7) is 5.33. The van der Waals surface area contributed by atoms with Crippen molar-refractivity contribution in [3.8, 4) is 0 Å². The summed E-state index contributed by atoms with van der Waals surface area (Å²) in [6.07, 6.45) is 1.47. The Morgan fingerprint density at radius 3 is 2.54 bits per heavy atom. The van der Waals surface area contributed by atoms with Crippen LogP contribution in [0.25, 0.3) is 5.65 Å². The van der Waals surface area contributed by atoms with Crippen molar-refractivity contribution < 1.29 is 4.92 Å². The molecule has 0 unspecified atom stereocenters. The molecule has 0 radical (unpaired) electrons. The second kappa shape index (κ2) is 8.18. The molecule has 8 nitrogen and oxygen atoms in total. The van der Waals surface area contributed by atoms with E-state index in [9.17, 15) is 14.9 Å². The number of nitro groups is 1. The molecule has 2 heterocycles. The van der Waals surface area contributed by atoms with Crippen LogP contribution in [-0.4, -0.2) is 32.3 Å². The number of fused-ring (bicyclic) bond motifs is 1. The maximum Gasteiger partial charge on any atom is 0.376 e. The van der Waals surface area contributed by atoms with E-state index in [0.717, 1.165) is 17.7 Å². The molecule has 0 saturated carbocycles. The van der Waals surface area contributed by atoms with Crippen LogP contribution in [0.3, 0.4) is 0 Å². The molecule has 28 heavy (non-hydrogen) atoms. The van der Waals surface area contributed by atoms with Crippen LogP contribution < -0.4 is 10.9 Å². The average molecular weight is 381 g/mol. The van der Waals surface area contributed by atoms with Gasteiger partial charge >= 0.3 is 11.2 Å². The van der Waals surface area contributed by atoms with Gasteiger partial charge in [-0.25, -0.2) is 4.98 Å². The maximum absolute atomic E-state index is 12.5. The second-order valence-corrected chi connectivity index (χ2v) is 6.93. The third-order valence-electron chi connectivity index (χ3n) is 4.76. The van der Waals surface area contributed by atoms with Crippen molar-refractivity contribution in [2.24, 2.45) is 0 Å². The van der Waals surface area contributed by atoms with Crippen molar-refractivity contribution in [3.05, 3.63) is 80.3 Å². The SMILES string of the molecule is CC(C)N(C)Cc1ccccc1CNc1nc2ccccn2c(=O)c1[N+](=O)[O-]. The van der Waals surface area contributed by atoms with Gasteiger partial charge in [-0.3, -0.25) is 24.2 Å². The van der Waals surface area contributed by atoms with Gasteiger partial charge < -0.3 is 5.32 Å². The Morgan fingerprint density at radius 2 is 1.86 bits per heavy atom. The van der Waals surface area contributed by atoms with Crippen LogP contribution >= 0.6 is 0 Å². The van der Waals surface area contributed by atoms with Gasteiger partial charge in [-0.05, 0) is 44.2 Å². The molecule has 2 aromatic heterocycles. The van der Waals surface area contributed by atoms with E-state index in [2.05, 4.69) is 29.0 Å². The number of aromatic nitrogens is 2. The number of pyridine rings is 1. The van der Waals surface area contributed by atoms with E-state index in [1.807, 2.05) is 31.3 Å². The monoisotopic (exact) mass is 381 g/mol. The minimum Gasteiger partial charge on any atom is -0.360 e. The highest BCUT2D eigenvalue weighted by molar-refractivity contribution is 5.60. The fraction of sp³-hybridized carbons (Fsp3) is 0.300. The summed E-state index contributed by atoms with van der Waals surface area (Å²) >= 11 is 0. The molecule has 0 fully saturated rings. The van der Waals surface area contributed by atoms with Gasteiger partial charge in [-0.1, -0.05) is 30.3 Å². The predicted octanol–water partition coefficient (Wildman–Crippen LogP) is 3.06. The smallest absolute Gasteiger partial charge is 0.360 e. The van der Waals surface area contributed by atoms with Crippen LogP contribution in [0.1, 0.15) is 25.0 Å². The lowest BCUT2D eigenvalue weighted by molar-refractivity contribution is -0.385. The van der Waals surface area contributed by atoms with Gasteiger partial charge in [-0.15, -0.1) is 0 Å². The number of hydrogen-bond donors (Lipinski definition) is 1. The fourth-order valence-electron chi connectivity index (χ4n) is 2.88. The molecule has 0 atom stereocenters. The highest BCUT2D eigenvalue weighted by Gasteiger charge is 2.23. The largest absolute Gasteiger partial charge is 0.376 e. The molecule has 1 aromatic carbocycles. The summed E-state index contributed by atoms with van der Waals surface area (Å²) in [4.78, 5) is 29.8. The van der Waals surface area contributed by atoms with E-state index in [1.165, 1.54) is 10.6 Å². The van der Waals surface area contributed by atoms with Gasteiger partial charge in [0.2, 0.25) is 5.82 Å². The summed E-state index contributed by atoms with van der Waals surface area (Å²) in [5, 5.41) is 14.5. The van der Waals surface area contributed by atoms with Crippen molar-refractivity contribution in [1.82, 2.24) is 14.3 Å². The zero-order valence-electron chi connectivity index (χ0n) is 16.1. The molecule has 1 N–H and O–H groups in total. The lowest BCUT2D eigenvalue weighted by Crippen LogP contribution is -2.26. The number of nitrogens with one attached hydrogen (secondary N) is 1. The zero-order chi connectivity index (χ0) is 20.3. The van der Waals surface area contributed by atoms with Crippen molar-refractivity contribution in [2.75, 3.05) is 12.4 Å². The molecule has 0 aliphatic heterocycles. The third-order valence-corrected chi connectivity index (χ3v) is 4.76. The van der Waals surface area contributed by atoms with Gasteiger partial charge in [-0.2, -0.15) is 0 Å². The molecule has 0 bridgehead atoms. The number of rotatable bonds is 7. The summed E-state index contributed by atoms with van der Waals surface area (Å²) in [5.41, 5.74) is 1.21. The average Bonchev–Trinajstić information content (AvgIpc) is 2.67. The number of anilines is 1. The minimum absolute atomic E-state index is 0.0202. The molecule has 146 valence electrons. The number of benzene rings is 1. The third kappa shape index (κ3) is 4.01. The van der Waals surface area contributed by atoms with E-state index in [0.29, 0.717) is 18.2 Å². The standard InChI is InChI=1S/C20H23N5O3/c1-14(2)23(3)13-16-9-5-4-8-15(16)12-21-19-18(25(27)28)20(26)24-11-7-6-10-17(24)22-19/h4-11,14,21H,12-13H2,1-3H3. The molecular weight excluding hydrogens is 358 g/mol. The van der Waals surface area contributed by atoms with Gasteiger partial charge in [0.05, 0.1) is 4.92 Å². The Kier molecular flexibility index (Phi) is 5.70. The van der Waals surface area contributed by atoms with Gasteiger partial charge in [0, 0.05) is 25.3 Å². The van der Waals surface area contributed by atoms with Crippen LogP contribution in [-0.2, 0) is 13.1 Å². The quantitative estimate of drug-likeness (QED) is 0.499. The summed E-state index contributed by atoms with van der Waals surface area (Å²) in [7, 11) is 2.05. The predicted molar refractivity (Wildman–Crippen MR) is 108 cm³/mol. The molecular formula is C20H23N5O3. The minimum atomic E-state index is -0.703. The fourth-order valence-corrected chi connectivity index (χ4v) is 2.88. The van der Waals surface area contributed by atoms with Crippen LogP contribution in [0.15, 0.2) is 53.5 Å². The molecule has 0 aliphatic carbocycles. The van der Waals surface area contributed by atoms with Gasteiger partial charge in [0.15, 0.2) is 0 Å². The Morgan fingerprint density at radius 1 is 1.18 bits per heavy atom. The molecule has 0 spiro atoms. The van der Waals surface area contributed by atoms with E-state index < -0.39 is 16.2 Å². The highest BCUT2D eigenvalue weighted by Crippen LogP contribution is 2.20. The maximum atomic E-state index is 12.5. The highest BCUT2D eigenvalue weighted by atomic mass is 16.6. The summed E-state index contributed by atoms with van der Waals surface area (Å²) in [6, 6.07) is 13.3. The van der Waals surface area contributed by atoms with E-state index in [-0.39, 0.29) is 5.82 Å². The topological polar surface area (TPSA) is 92.8 Å². The molecule has 3 aromatic rings. The van der Waals surface area contributed by atoms with Gasteiger partial charge in [0.1, 0.15) is 5.65 Å². The first-order chi connectivity index (χ1) is 13.4. The lowest BCUT2D eigenvalue weighted by Gasteiger charge is -2.22. The van der Waals surface area contributed by atoms with Crippen molar-refractivity contribution >= 4 is 17.2 Å². The Bertz CT molecular complexity index is 1060. The molecule has 0 saturated heterocycles. The van der Waals surface area contributed by atoms with E-state index in [1.54, 1.807) is 18.2 Å². The number of nitrogens with zero attached hydrogens (tertiary/aromatic N) is 4. The second-order valence-electron chi connectivity index (χ2n) is 6.93. The van der Waals surface area contributed by atoms with Crippen molar-refractivity contribution in [3.63, 3.8) is 0 Å².